The Kier molecular flexibility index (Phi) is 5.34. The molecule has 1 atom stereocenters. The molecule has 0 amide bonds. The molecule has 1 unspecified atom stereocenters. The first-order valence-corrected chi connectivity index (χ1v) is 6.53. The van der Waals surface area contributed by atoms with Crippen molar-refractivity contribution >= 4 is 15.9 Å². The van der Waals surface area contributed by atoms with Gasteiger partial charge in [0.15, 0.2) is 0 Å². The van der Waals surface area contributed by atoms with E-state index in [-0.39, 0.29) is 0 Å². The van der Waals surface area contributed by atoms with Crippen molar-refractivity contribution in [3.05, 3.63) is 29.3 Å². The average molecular weight is 282 g/mol. The van der Waals surface area contributed by atoms with E-state index in [0.29, 0.717) is 18.1 Å². The summed E-state index contributed by atoms with van der Waals surface area (Å²) in [5.74, 6) is 1.34. The third-order valence-corrected chi connectivity index (χ3v) is 3.50. The van der Waals surface area contributed by atoms with Crippen LogP contribution in [0.4, 0.5) is 0 Å². The number of nitriles is 1. The van der Waals surface area contributed by atoms with Crippen molar-refractivity contribution in [1.82, 2.24) is 0 Å². The summed E-state index contributed by atoms with van der Waals surface area (Å²) in [6, 6.07) is 7.65. The fourth-order valence-corrected chi connectivity index (χ4v) is 1.95. The second-order valence-corrected chi connectivity index (χ2v) is 4.48. The molecule has 0 aliphatic heterocycles. The Morgan fingerprint density at radius 1 is 1.50 bits per heavy atom. The molecule has 1 aromatic carbocycles. The molecule has 0 aliphatic rings. The lowest BCUT2D eigenvalue weighted by Crippen LogP contribution is -2.12. The minimum atomic E-state index is 0.519. The van der Waals surface area contributed by atoms with Gasteiger partial charge in [-0.3, -0.25) is 0 Å². The highest BCUT2D eigenvalue weighted by molar-refractivity contribution is 9.09. The van der Waals surface area contributed by atoms with Crippen LogP contribution in [0.5, 0.6) is 5.75 Å². The molecule has 0 aromatic heterocycles. The van der Waals surface area contributed by atoms with Gasteiger partial charge in [-0.2, -0.15) is 5.26 Å². The number of ether oxygens (including phenoxy) is 1. The zero-order valence-corrected chi connectivity index (χ0v) is 11.3. The molecule has 0 saturated carbocycles. The van der Waals surface area contributed by atoms with Crippen LogP contribution in [0.3, 0.4) is 0 Å². The van der Waals surface area contributed by atoms with E-state index in [1.165, 1.54) is 0 Å². The van der Waals surface area contributed by atoms with Crippen LogP contribution in [0.25, 0.3) is 0 Å². The number of hydrogen-bond acceptors (Lipinski definition) is 2. The van der Waals surface area contributed by atoms with Crippen LogP contribution in [-0.4, -0.2) is 11.9 Å². The minimum Gasteiger partial charge on any atom is -0.493 e. The van der Waals surface area contributed by atoms with Crippen LogP contribution in [-0.2, 0) is 0 Å². The van der Waals surface area contributed by atoms with Gasteiger partial charge in [-0.25, -0.2) is 0 Å². The van der Waals surface area contributed by atoms with Crippen LogP contribution in [0.15, 0.2) is 18.2 Å². The lowest BCUT2D eigenvalue weighted by atomic mass is 10.1. The van der Waals surface area contributed by atoms with Crippen molar-refractivity contribution in [3.63, 3.8) is 0 Å². The molecule has 0 bridgehead atoms. The summed E-state index contributed by atoms with van der Waals surface area (Å²) in [6.45, 7) is 4.83. The largest absolute Gasteiger partial charge is 0.493 e. The van der Waals surface area contributed by atoms with Crippen LogP contribution in [0.1, 0.15) is 24.5 Å². The second kappa shape index (κ2) is 6.55. The van der Waals surface area contributed by atoms with Crippen LogP contribution >= 0.6 is 15.9 Å². The zero-order valence-electron chi connectivity index (χ0n) is 9.66. The van der Waals surface area contributed by atoms with Gasteiger partial charge in [0.05, 0.1) is 18.2 Å². The van der Waals surface area contributed by atoms with Gasteiger partial charge in [0.2, 0.25) is 0 Å². The molecule has 3 heteroatoms. The molecule has 0 spiro atoms. The van der Waals surface area contributed by atoms with E-state index in [4.69, 9.17) is 10.00 Å². The Morgan fingerprint density at radius 2 is 2.25 bits per heavy atom. The van der Waals surface area contributed by atoms with Crippen molar-refractivity contribution in [1.29, 1.82) is 5.26 Å². The molecule has 1 rings (SSSR count). The van der Waals surface area contributed by atoms with E-state index in [9.17, 15) is 0 Å². The van der Waals surface area contributed by atoms with Crippen molar-refractivity contribution in [3.8, 4) is 11.8 Å². The standard InChI is InChI=1S/C13H16BrNO/c1-3-11(7-14)9-16-13-6-12(8-15)5-4-10(13)2/h4-6,11H,3,7,9H2,1-2H3. The van der Waals surface area contributed by atoms with E-state index < -0.39 is 0 Å². The molecule has 86 valence electrons. The van der Waals surface area contributed by atoms with E-state index in [1.807, 2.05) is 19.1 Å². The molecule has 16 heavy (non-hydrogen) atoms. The third kappa shape index (κ3) is 3.53. The predicted molar refractivity (Wildman–Crippen MR) is 69.0 cm³/mol. The molecule has 2 nitrogen and oxygen atoms in total. The van der Waals surface area contributed by atoms with Crippen LogP contribution in [0.2, 0.25) is 0 Å². The number of benzene rings is 1. The molecule has 0 aliphatic carbocycles. The fourth-order valence-electron chi connectivity index (χ4n) is 1.30. The normalized spacial score (nSPS) is 11.9. The Morgan fingerprint density at radius 3 is 2.81 bits per heavy atom. The summed E-state index contributed by atoms with van der Waals surface area (Å²) in [7, 11) is 0. The van der Waals surface area contributed by atoms with Gasteiger partial charge in [-0.15, -0.1) is 0 Å². The van der Waals surface area contributed by atoms with E-state index in [1.54, 1.807) is 6.07 Å². The lowest BCUT2D eigenvalue weighted by Gasteiger charge is -2.14. The highest BCUT2D eigenvalue weighted by Gasteiger charge is 2.07. The van der Waals surface area contributed by atoms with Gasteiger partial charge in [-0.05, 0) is 31.0 Å². The molecular weight excluding hydrogens is 266 g/mol. The van der Waals surface area contributed by atoms with Crippen molar-refractivity contribution in [2.24, 2.45) is 5.92 Å². The highest BCUT2D eigenvalue weighted by Crippen LogP contribution is 2.20. The van der Waals surface area contributed by atoms with Crippen molar-refractivity contribution < 1.29 is 4.74 Å². The minimum absolute atomic E-state index is 0.519. The average Bonchev–Trinajstić information content (AvgIpc) is 2.32. The van der Waals surface area contributed by atoms with Gasteiger partial charge in [-0.1, -0.05) is 28.9 Å². The molecule has 0 saturated heterocycles. The Labute approximate surface area is 105 Å². The first kappa shape index (κ1) is 13.1. The maximum atomic E-state index is 8.81. The monoisotopic (exact) mass is 281 g/mol. The molecule has 0 N–H and O–H groups in total. The quantitative estimate of drug-likeness (QED) is 0.772. The summed E-state index contributed by atoms with van der Waals surface area (Å²) in [4.78, 5) is 0. The predicted octanol–water partition coefficient (Wildman–Crippen LogP) is 3.67. The lowest BCUT2D eigenvalue weighted by molar-refractivity contribution is 0.258. The molecule has 0 fully saturated rings. The van der Waals surface area contributed by atoms with Gasteiger partial charge in [0, 0.05) is 11.2 Å². The number of alkyl halides is 1. The summed E-state index contributed by atoms with van der Waals surface area (Å²) in [5.41, 5.74) is 1.72. The number of halogens is 1. The Hall–Kier alpha value is -1.01. The summed E-state index contributed by atoms with van der Waals surface area (Å²) in [5, 5.41) is 9.75. The first-order chi connectivity index (χ1) is 7.71. The molecule has 0 heterocycles. The van der Waals surface area contributed by atoms with Gasteiger partial charge < -0.3 is 4.74 Å². The van der Waals surface area contributed by atoms with E-state index in [0.717, 1.165) is 23.1 Å². The van der Waals surface area contributed by atoms with Crippen molar-refractivity contribution in [2.75, 3.05) is 11.9 Å². The summed E-state index contributed by atoms with van der Waals surface area (Å²) >= 11 is 3.46. The third-order valence-electron chi connectivity index (χ3n) is 2.59. The maximum absolute atomic E-state index is 8.81. The first-order valence-electron chi connectivity index (χ1n) is 5.40. The zero-order chi connectivity index (χ0) is 12.0. The SMILES string of the molecule is CCC(CBr)COc1cc(C#N)ccc1C. The van der Waals surface area contributed by atoms with E-state index in [2.05, 4.69) is 28.9 Å². The summed E-state index contributed by atoms with van der Waals surface area (Å²) in [6.07, 6.45) is 1.09. The number of hydrogen-bond donors (Lipinski definition) is 0. The van der Waals surface area contributed by atoms with E-state index >= 15 is 0 Å². The van der Waals surface area contributed by atoms with Gasteiger partial charge in [0.25, 0.3) is 0 Å². The maximum Gasteiger partial charge on any atom is 0.123 e. The molecular formula is C13H16BrNO. The number of nitrogens with zero attached hydrogens (tertiary/aromatic N) is 1. The topological polar surface area (TPSA) is 33.0 Å². The molecule has 1 aromatic rings. The second-order valence-electron chi connectivity index (χ2n) is 3.83. The smallest absolute Gasteiger partial charge is 0.123 e. The Bertz CT molecular complexity index is 380. The Balaban J connectivity index is 2.69. The number of aryl methyl sites for hydroxylation is 1. The fraction of sp³-hybridized carbons (Fsp3) is 0.462. The van der Waals surface area contributed by atoms with Gasteiger partial charge in [0.1, 0.15) is 5.75 Å². The summed E-state index contributed by atoms with van der Waals surface area (Å²) < 4.78 is 5.74. The van der Waals surface area contributed by atoms with Crippen LogP contribution < -0.4 is 4.74 Å². The van der Waals surface area contributed by atoms with Gasteiger partial charge >= 0.3 is 0 Å². The van der Waals surface area contributed by atoms with Crippen molar-refractivity contribution in [2.45, 2.75) is 20.3 Å². The molecule has 0 radical (unpaired) electrons. The highest BCUT2D eigenvalue weighted by atomic mass is 79.9. The number of rotatable bonds is 5. The van der Waals surface area contributed by atoms with Crippen LogP contribution in [0, 0.1) is 24.2 Å².